The van der Waals surface area contributed by atoms with E-state index in [4.69, 9.17) is 14.6 Å². The molecule has 3 N–H and O–H groups in total. The molecule has 35 heavy (non-hydrogen) atoms. The molecule has 1 heterocycles. The number of nitrogens with two attached hydrogens (primary N) is 1. The van der Waals surface area contributed by atoms with Crippen molar-refractivity contribution in [3.63, 3.8) is 0 Å². The van der Waals surface area contributed by atoms with Gasteiger partial charge in [0.25, 0.3) is 0 Å². The van der Waals surface area contributed by atoms with Crippen molar-refractivity contribution in [3.05, 3.63) is 35.5 Å². The summed E-state index contributed by atoms with van der Waals surface area (Å²) in [5.41, 5.74) is 3.42. The van der Waals surface area contributed by atoms with Crippen molar-refractivity contribution in [2.75, 3.05) is 13.7 Å². The molecule has 1 unspecified atom stereocenters. The fourth-order valence-corrected chi connectivity index (χ4v) is 5.64. The van der Waals surface area contributed by atoms with E-state index in [1.165, 1.54) is 26.4 Å². The van der Waals surface area contributed by atoms with E-state index in [9.17, 15) is 13.5 Å². The normalized spacial score (nSPS) is 16.4. The third kappa shape index (κ3) is 7.32. The summed E-state index contributed by atoms with van der Waals surface area (Å²) in [6.45, 7) is 9.50. The molecular formula is C27H42N2O5S. The van der Waals surface area contributed by atoms with E-state index in [1.807, 2.05) is 19.1 Å². The number of methoxy groups -OCH3 is 1. The minimum atomic E-state index is -3.85. The first-order valence-corrected chi connectivity index (χ1v) is 14.2. The highest BCUT2D eigenvalue weighted by molar-refractivity contribution is 7.89. The number of aliphatic hydroxyl groups is 1. The van der Waals surface area contributed by atoms with Crippen LogP contribution < -0.4 is 9.88 Å². The number of aromatic nitrogens is 1. The van der Waals surface area contributed by atoms with E-state index in [0.717, 1.165) is 42.0 Å². The Morgan fingerprint density at radius 1 is 1.14 bits per heavy atom. The van der Waals surface area contributed by atoms with Crippen LogP contribution in [0.2, 0.25) is 0 Å². The number of aliphatic hydroxyl groups excluding tert-OH is 1. The van der Waals surface area contributed by atoms with Gasteiger partial charge in [-0.1, -0.05) is 40.0 Å². The summed E-state index contributed by atoms with van der Waals surface area (Å²) in [7, 11) is -2.37. The maximum absolute atomic E-state index is 12.4. The summed E-state index contributed by atoms with van der Waals surface area (Å²) in [4.78, 5) is 0.181. The lowest BCUT2D eigenvalue weighted by Crippen LogP contribution is -2.17. The van der Waals surface area contributed by atoms with E-state index in [1.54, 1.807) is 6.07 Å². The van der Waals surface area contributed by atoms with Crippen LogP contribution in [0.4, 0.5) is 0 Å². The van der Waals surface area contributed by atoms with Gasteiger partial charge < -0.3 is 19.1 Å². The van der Waals surface area contributed by atoms with Crippen molar-refractivity contribution < 1.29 is 23.0 Å². The molecule has 8 heteroatoms. The van der Waals surface area contributed by atoms with Crippen LogP contribution in [0.3, 0.4) is 0 Å². The summed E-state index contributed by atoms with van der Waals surface area (Å²) in [6.07, 6.45) is 6.37. The quantitative estimate of drug-likeness (QED) is 0.344. The second-order valence-corrected chi connectivity index (χ2v) is 12.3. The number of nitrogens with zero attached hydrogens (tertiary/aromatic N) is 1. The Morgan fingerprint density at radius 2 is 1.83 bits per heavy atom. The lowest BCUT2D eigenvalue weighted by molar-refractivity contribution is -0.0803. The van der Waals surface area contributed by atoms with Gasteiger partial charge in [-0.2, -0.15) is 0 Å². The van der Waals surface area contributed by atoms with Crippen molar-refractivity contribution in [2.45, 2.75) is 95.8 Å². The van der Waals surface area contributed by atoms with Crippen molar-refractivity contribution in [3.8, 4) is 17.0 Å². The second kappa shape index (κ2) is 11.5. The Morgan fingerprint density at radius 3 is 2.43 bits per heavy atom. The molecular weight excluding hydrogens is 464 g/mol. The van der Waals surface area contributed by atoms with Gasteiger partial charge in [0, 0.05) is 37.0 Å². The molecule has 0 bridgehead atoms. The summed E-state index contributed by atoms with van der Waals surface area (Å²) in [5, 5.41) is 15.2. The van der Waals surface area contributed by atoms with Crippen molar-refractivity contribution in [1.29, 1.82) is 0 Å². The van der Waals surface area contributed by atoms with Gasteiger partial charge >= 0.3 is 0 Å². The Hall–Kier alpha value is -1.87. The molecule has 0 saturated heterocycles. The van der Waals surface area contributed by atoms with Crippen LogP contribution in [0.25, 0.3) is 11.3 Å². The van der Waals surface area contributed by atoms with Crippen LogP contribution in [0.15, 0.2) is 29.2 Å². The van der Waals surface area contributed by atoms with E-state index in [2.05, 4.69) is 31.4 Å². The van der Waals surface area contributed by atoms with Gasteiger partial charge in [-0.25, -0.2) is 13.6 Å². The van der Waals surface area contributed by atoms with Gasteiger partial charge in [0.15, 0.2) is 6.29 Å². The molecule has 2 aromatic rings. The third-order valence-electron chi connectivity index (χ3n) is 7.00. The zero-order valence-electron chi connectivity index (χ0n) is 21.8. The molecule has 7 nitrogen and oxygen atoms in total. The molecule has 1 aromatic carbocycles. The Labute approximate surface area is 210 Å². The molecule has 1 aliphatic carbocycles. The summed E-state index contributed by atoms with van der Waals surface area (Å²) < 4.78 is 37.9. The topological polar surface area (TPSA) is 104 Å². The predicted molar refractivity (Wildman–Crippen MR) is 139 cm³/mol. The van der Waals surface area contributed by atoms with E-state index in [0.29, 0.717) is 31.1 Å². The lowest BCUT2D eigenvalue weighted by Gasteiger charge is -2.25. The van der Waals surface area contributed by atoms with Crippen LogP contribution in [-0.2, 0) is 26.7 Å². The monoisotopic (exact) mass is 506 g/mol. The lowest BCUT2D eigenvalue weighted by atomic mass is 9.85. The Bertz CT molecular complexity index is 1100. The zero-order chi connectivity index (χ0) is 25.8. The van der Waals surface area contributed by atoms with Gasteiger partial charge in [0.1, 0.15) is 10.6 Å². The second-order valence-electron chi connectivity index (χ2n) is 10.8. The average Bonchev–Trinajstić information content (AvgIpc) is 3.13. The number of sulfonamides is 1. The van der Waals surface area contributed by atoms with Crippen LogP contribution in [-0.4, -0.2) is 38.1 Å². The predicted octanol–water partition coefficient (Wildman–Crippen LogP) is 5.11. The molecule has 0 radical (unpaired) electrons. The van der Waals surface area contributed by atoms with Gasteiger partial charge in [-0.15, -0.1) is 0 Å². The molecule has 3 rings (SSSR count). The van der Waals surface area contributed by atoms with Crippen molar-refractivity contribution in [2.24, 2.45) is 11.1 Å². The molecule has 1 aromatic heterocycles. The third-order valence-corrected chi connectivity index (χ3v) is 8.02. The number of ether oxygens (including phenoxy) is 2. The summed E-state index contributed by atoms with van der Waals surface area (Å²) in [5.74, 6) is 1.25. The Balaban J connectivity index is 2.02. The minimum Gasteiger partial charge on any atom is -0.494 e. The number of hydrogen-bond donors (Lipinski definition) is 2. The van der Waals surface area contributed by atoms with Crippen LogP contribution in [0, 0.1) is 12.8 Å². The smallest absolute Gasteiger partial charge is 0.239 e. The summed E-state index contributed by atoms with van der Waals surface area (Å²) >= 11 is 0. The standard InChI is InChI=1S/C27H42N2O5S/c1-19-25(35(28,31)32)17-24(29(19)18-20-10-7-6-8-11-20)21-14-22(27(2,3)4)16-23(15-21)34-13-9-12-26(30)33-5/h14-17,20,26,30H,6-13,18H2,1-5H3,(H2,28,31,32). The van der Waals surface area contributed by atoms with Crippen molar-refractivity contribution >= 4 is 10.0 Å². The van der Waals surface area contributed by atoms with Crippen LogP contribution in [0.5, 0.6) is 5.75 Å². The highest BCUT2D eigenvalue weighted by Gasteiger charge is 2.25. The first-order chi connectivity index (χ1) is 16.4. The fourth-order valence-electron chi connectivity index (χ4n) is 4.84. The number of primary sulfonamides is 1. The maximum Gasteiger partial charge on any atom is 0.239 e. The maximum atomic E-state index is 12.4. The molecule has 0 amide bonds. The molecule has 1 fully saturated rings. The van der Waals surface area contributed by atoms with E-state index in [-0.39, 0.29) is 10.3 Å². The van der Waals surface area contributed by atoms with Gasteiger partial charge in [-0.05, 0) is 67.3 Å². The largest absolute Gasteiger partial charge is 0.494 e. The first-order valence-electron chi connectivity index (χ1n) is 12.6. The zero-order valence-corrected chi connectivity index (χ0v) is 22.7. The number of rotatable bonds is 10. The van der Waals surface area contributed by atoms with Crippen LogP contribution in [0.1, 0.15) is 77.0 Å². The number of hydrogen-bond acceptors (Lipinski definition) is 5. The minimum absolute atomic E-state index is 0.126. The average molecular weight is 507 g/mol. The molecule has 1 aliphatic rings. The van der Waals surface area contributed by atoms with Gasteiger partial charge in [-0.3, -0.25) is 0 Å². The highest BCUT2D eigenvalue weighted by atomic mass is 32.2. The molecule has 196 valence electrons. The van der Waals surface area contributed by atoms with Gasteiger partial charge in [0.2, 0.25) is 10.0 Å². The molecule has 1 saturated carbocycles. The highest BCUT2D eigenvalue weighted by Crippen LogP contribution is 2.36. The van der Waals surface area contributed by atoms with E-state index >= 15 is 0 Å². The Kier molecular flexibility index (Phi) is 9.07. The SMILES string of the molecule is COC(O)CCCOc1cc(-c2cc(S(N)(=O)=O)c(C)n2CC2CCCCC2)cc(C(C)(C)C)c1. The molecule has 0 aliphatic heterocycles. The fraction of sp³-hybridized carbons (Fsp3) is 0.630. The van der Waals surface area contributed by atoms with Gasteiger partial charge in [0.05, 0.1) is 6.61 Å². The van der Waals surface area contributed by atoms with Crippen LogP contribution >= 0.6 is 0 Å². The van der Waals surface area contributed by atoms with E-state index < -0.39 is 16.3 Å². The number of benzene rings is 1. The molecule has 0 spiro atoms. The first kappa shape index (κ1) is 27.7. The summed E-state index contributed by atoms with van der Waals surface area (Å²) in [6, 6.07) is 7.85. The molecule has 1 atom stereocenters. The van der Waals surface area contributed by atoms with Crippen molar-refractivity contribution in [1.82, 2.24) is 4.57 Å².